The van der Waals surface area contributed by atoms with E-state index in [0.717, 1.165) is 19.3 Å². The number of aliphatic hydroxyl groups is 1. The molecule has 0 saturated heterocycles. The summed E-state index contributed by atoms with van der Waals surface area (Å²) in [5.74, 6) is 0. The molecule has 1 amide bonds. The Morgan fingerprint density at radius 2 is 2.22 bits per heavy atom. The quantitative estimate of drug-likeness (QED) is 0.789. The number of carbonyl (C=O) groups excluding carboxylic acids is 1. The first-order valence-electron chi connectivity index (χ1n) is 6.62. The van der Waals surface area contributed by atoms with Gasteiger partial charge < -0.3 is 14.7 Å². The summed E-state index contributed by atoms with van der Waals surface area (Å²) in [5.41, 5.74) is 0.892. The predicted octanol–water partition coefficient (Wildman–Crippen LogP) is 2.71. The molecule has 0 saturated carbocycles. The minimum absolute atomic E-state index is 0.242. The number of rotatable bonds is 3. The van der Waals surface area contributed by atoms with Gasteiger partial charge in [0.25, 0.3) is 0 Å². The lowest BCUT2D eigenvalue weighted by atomic mass is 10.0. The van der Waals surface area contributed by atoms with Gasteiger partial charge >= 0.3 is 6.09 Å². The number of ether oxygens (including phenoxy) is 1. The van der Waals surface area contributed by atoms with Crippen molar-refractivity contribution < 1.29 is 14.6 Å². The number of nitrogens with zero attached hydrogens (tertiary/aromatic N) is 1. The van der Waals surface area contributed by atoms with Gasteiger partial charge in [0, 0.05) is 13.1 Å². The van der Waals surface area contributed by atoms with Crippen LogP contribution in [-0.2, 0) is 4.74 Å². The van der Waals surface area contributed by atoms with Crippen LogP contribution in [-0.4, -0.2) is 40.9 Å². The van der Waals surface area contributed by atoms with Crippen molar-refractivity contribution >= 4 is 6.09 Å². The van der Waals surface area contributed by atoms with Crippen LogP contribution < -0.4 is 0 Å². The third-order valence-electron chi connectivity index (χ3n) is 2.84. The van der Waals surface area contributed by atoms with Gasteiger partial charge in [0.15, 0.2) is 0 Å². The molecule has 0 bridgehead atoms. The van der Waals surface area contributed by atoms with Crippen molar-refractivity contribution in [3.63, 3.8) is 0 Å². The van der Waals surface area contributed by atoms with Gasteiger partial charge in [0.1, 0.15) is 5.60 Å². The van der Waals surface area contributed by atoms with Gasteiger partial charge in [-0.05, 0) is 47.0 Å². The molecule has 1 N–H and O–H groups in total. The summed E-state index contributed by atoms with van der Waals surface area (Å²) in [6, 6.07) is 0. The van der Waals surface area contributed by atoms with Gasteiger partial charge in [-0.2, -0.15) is 0 Å². The van der Waals surface area contributed by atoms with Crippen LogP contribution in [0.25, 0.3) is 0 Å². The molecule has 1 unspecified atom stereocenters. The largest absolute Gasteiger partial charge is 0.444 e. The molecule has 0 radical (unpaired) electrons. The van der Waals surface area contributed by atoms with E-state index in [4.69, 9.17) is 4.74 Å². The van der Waals surface area contributed by atoms with E-state index in [2.05, 4.69) is 6.08 Å². The third kappa shape index (κ3) is 5.54. The molecular formula is C14H25NO3. The van der Waals surface area contributed by atoms with Gasteiger partial charge in [0.2, 0.25) is 0 Å². The normalized spacial score (nSPS) is 18.3. The Balaban J connectivity index is 2.40. The molecule has 1 aliphatic rings. The molecule has 18 heavy (non-hydrogen) atoms. The lowest BCUT2D eigenvalue weighted by Crippen LogP contribution is -2.39. The van der Waals surface area contributed by atoms with E-state index in [9.17, 15) is 9.90 Å². The molecule has 0 spiro atoms. The molecule has 1 aliphatic heterocycles. The van der Waals surface area contributed by atoms with E-state index < -0.39 is 5.60 Å². The number of carbonyl (C=O) groups is 1. The fraction of sp³-hybridized carbons (Fsp3) is 0.786. The second-order valence-electron chi connectivity index (χ2n) is 5.93. The predicted molar refractivity (Wildman–Crippen MR) is 71.4 cm³/mol. The van der Waals surface area contributed by atoms with Crippen LogP contribution >= 0.6 is 0 Å². The SMILES string of the molecule is CC(O)CCC1=CCN(C(=O)OC(C)(C)C)CC1. The molecular weight excluding hydrogens is 230 g/mol. The topological polar surface area (TPSA) is 49.8 Å². The molecule has 104 valence electrons. The number of hydrogen-bond donors (Lipinski definition) is 1. The fourth-order valence-corrected chi connectivity index (χ4v) is 1.82. The summed E-state index contributed by atoms with van der Waals surface area (Å²) in [5, 5.41) is 9.24. The second-order valence-corrected chi connectivity index (χ2v) is 5.93. The van der Waals surface area contributed by atoms with Crippen LogP contribution in [0.3, 0.4) is 0 Å². The van der Waals surface area contributed by atoms with Crippen molar-refractivity contribution in [1.82, 2.24) is 4.90 Å². The summed E-state index contributed by atoms with van der Waals surface area (Å²) in [4.78, 5) is 13.5. The molecule has 1 rings (SSSR count). The summed E-state index contributed by atoms with van der Waals surface area (Å²) in [7, 11) is 0. The summed E-state index contributed by atoms with van der Waals surface area (Å²) in [6.07, 6.45) is 4.17. The number of aliphatic hydroxyl groups excluding tert-OH is 1. The van der Waals surface area contributed by atoms with Crippen LogP contribution in [0.5, 0.6) is 0 Å². The summed E-state index contributed by atoms with van der Waals surface area (Å²) >= 11 is 0. The molecule has 0 aromatic rings. The van der Waals surface area contributed by atoms with Crippen molar-refractivity contribution in [2.24, 2.45) is 0 Å². The minimum atomic E-state index is -0.437. The Kier molecular flexibility index (Phi) is 5.20. The van der Waals surface area contributed by atoms with Gasteiger partial charge in [-0.1, -0.05) is 11.6 Å². The summed E-state index contributed by atoms with van der Waals surface area (Å²) in [6.45, 7) is 8.75. The van der Waals surface area contributed by atoms with Gasteiger partial charge in [-0.3, -0.25) is 0 Å². The average molecular weight is 255 g/mol. The molecule has 1 heterocycles. The highest BCUT2D eigenvalue weighted by molar-refractivity contribution is 5.68. The molecule has 4 nitrogen and oxygen atoms in total. The molecule has 4 heteroatoms. The van der Waals surface area contributed by atoms with Crippen LogP contribution in [0.1, 0.15) is 47.0 Å². The Morgan fingerprint density at radius 3 is 2.67 bits per heavy atom. The number of amides is 1. The van der Waals surface area contributed by atoms with Crippen molar-refractivity contribution in [2.75, 3.05) is 13.1 Å². The van der Waals surface area contributed by atoms with Crippen LogP contribution in [0.4, 0.5) is 4.79 Å². The maximum Gasteiger partial charge on any atom is 0.410 e. The molecule has 0 fully saturated rings. The smallest absolute Gasteiger partial charge is 0.410 e. The van der Waals surface area contributed by atoms with E-state index in [1.165, 1.54) is 5.57 Å². The fourth-order valence-electron chi connectivity index (χ4n) is 1.82. The summed E-state index contributed by atoms with van der Waals surface area (Å²) < 4.78 is 5.33. The van der Waals surface area contributed by atoms with Crippen LogP contribution in [0.2, 0.25) is 0 Å². The van der Waals surface area contributed by atoms with E-state index in [1.807, 2.05) is 20.8 Å². The van der Waals surface area contributed by atoms with Crippen LogP contribution in [0, 0.1) is 0 Å². The Bertz CT molecular complexity index is 315. The van der Waals surface area contributed by atoms with Crippen molar-refractivity contribution in [3.8, 4) is 0 Å². The van der Waals surface area contributed by atoms with E-state index in [0.29, 0.717) is 13.1 Å². The van der Waals surface area contributed by atoms with Gasteiger partial charge in [-0.15, -0.1) is 0 Å². The second kappa shape index (κ2) is 6.23. The van der Waals surface area contributed by atoms with E-state index in [-0.39, 0.29) is 12.2 Å². The highest BCUT2D eigenvalue weighted by Crippen LogP contribution is 2.19. The van der Waals surface area contributed by atoms with Crippen molar-refractivity contribution in [2.45, 2.75) is 58.7 Å². The highest BCUT2D eigenvalue weighted by Gasteiger charge is 2.23. The maximum absolute atomic E-state index is 11.8. The van der Waals surface area contributed by atoms with Crippen LogP contribution in [0.15, 0.2) is 11.6 Å². The molecule has 0 aromatic carbocycles. The lowest BCUT2D eigenvalue weighted by Gasteiger charge is -2.29. The highest BCUT2D eigenvalue weighted by atomic mass is 16.6. The Morgan fingerprint density at radius 1 is 1.56 bits per heavy atom. The Labute approximate surface area is 110 Å². The maximum atomic E-state index is 11.8. The average Bonchev–Trinajstić information content (AvgIpc) is 2.24. The Hall–Kier alpha value is -1.03. The minimum Gasteiger partial charge on any atom is -0.444 e. The number of hydrogen-bond acceptors (Lipinski definition) is 3. The van der Waals surface area contributed by atoms with Crippen molar-refractivity contribution in [1.29, 1.82) is 0 Å². The monoisotopic (exact) mass is 255 g/mol. The zero-order chi connectivity index (χ0) is 13.8. The first kappa shape index (κ1) is 15.0. The van der Waals surface area contributed by atoms with E-state index >= 15 is 0 Å². The molecule has 0 aromatic heterocycles. The van der Waals surface area contributed by atoms with Crippen molar-refractivity contribution in [3.05, 3.63) is 11.6 Å². The van der Waals surface area contributed by atoms with E-state index in [1.54, 1.807) is 11.8 Å². The molecule has 1 atom stereocenters. The zero-order valence-corrected chi connectivity index (χ0v) is 11.9. The van der Waals surface area contributed by atoms with Gasteiger partial charge in [-0.25, -0.2) is 4.79 Å². The first-order chi connectivity index (χ1) is 8.28. The zero-order valence-electron chi connectivity index (χ0n) is 11.9. The first-order valence-corrected chi connectivity index (χ1v) is 6.62. The lowest BCUT2D eigenvalue weighted by molar-refractivity contribution is 0.0265. The third-order valence-corrected chi connectivity index (χ3v) is 2.84. The molecule has 0 aliphatic carbocycles. The van der Waals surface area contributed by atoms with Gasteiger partial charge in [0.05, 0.1) is 6.10 Å². The standard InChI is InChI=1S/C14H25NO3/c1-11(16)5-6-12-7-9-15(10-8-12)13(17)18-14(2,3)4/h7,11,16H,5-6,8-10H2,1-4H3.